The number of piperidine rings is 1. The molecule has 8 heteroatoms. The van der Waals surface area contributed by atoms with Gasteiger partial charge in [0, 0.05) is 48.3 Å². The molecule has 2 N–H and O–H groups in total. The third-order valence-electron chi connectivity index (χ3n) is 6.96. The third-order valence-corrected chi connectivity index (χ3v) is 7.75. The molecule has 180 valence electrons. The molecule has 1 amide bonds. The highest BCUT2D eigenvalue weighted by molar-refractivity contribution is 6.38. The lowest BCUT2D eigenvalue weighted by molar-refractivity contribution is -0.148. The first-order valence-corrected chi connectivity index (χ1v) is 12.1. The van der Waals surface area contributed by atoms with E-state index in [0.29, 0.717) is 52.8 Å². The molecule has 0 spiro atoms. The highest BCUT2D eigenvalue weighted by Crippen LogP contribution is 2.34. The number of esters is 1. The molecule has 0 aliphatic carbocycles. The van der Waals surface area contributed by atoms with Crippen LogP contribution in [-0.4, -0.2) is 41.5 Å². The number of carbonyl (C=O) groups excluding carboxylic acids is 2. The van der Waals surface area contributed by atoms with Gasteiger partial charge in [0.15, 0.2) is 0 Å². The Hall–Kier alpha value is -2.70. The number of hydrogen-bond donors (Lipinski definition) is 1. The number of aromatic nitrogens is 1. The number of nitrogen functional groups attached to an aromatic ring is 1. The summed E-state index contributed by atoms with van der Waals surface area (Å²) < 4.78 is 6.99. The number of ether oxygens (including phenoxy) is 1. The van der Waals surface area contributed by atoms with Crippen LogP contribution in [0.15, 0.2) is 30.3 Å². The van der Waals surface area contributed by atoms with Gasteiger partial charge in [-0.25, -0.2) is 0 Å². The van der Waals surface area contributed by atoms with Crippen molar-refractivity contribution >= 4 is 51.7 Å². The molecule has 1 aliphatic heterocycles. The van der Waals surface area contributed by atoms with Crippen LogP contribution in [0.1, 0.15) is 40.5 Å². The first-order chi connectivity index (χ1) is 16.1. The van der Waals surface area contributed by atoms with Crippen LogP contribution in [0, 0.1) is 18.8 Å². The molecule has 2 aromatic carbocycles. The van der Waals surface area contributed by atoms with E-state index < -0.39 is 0 Å². The predicted octanol–water partition coefficient (Wildman–Crippen LogP) is 5.24. The topological polar surface area (TPSA) is 77.6 Å². The Kier molecular flexibility index (Phi) is 6.83. The number of halogens is 2. The number of amides is 1. The first-order valence-electron chi connectivity index (χ1n) is 11.3. The van der Waals surface area contributed by atoms with Gasteiger partial charge < -0.3 is 19.9 Å². The minimum atomic E-state index is -0.224. The van der Waals surface area contributed by atoms with E-state index in [9.17, 15) is 9.59 Å². The van der Waals surface area contributed by atoms with Crippen molar-refractivity contribution in [2.24, 2.45) is 18.9 Å². The SMILES string of the molecule is COC(=O)C1CCN(C(=O)c2ccc(Cl)c(Cc3cc4c(C)cc(N)cc4n3C)c2Cl)CC1C. The minimum Gasteiger partial charge on any atom is -0.469 e. The molecule has 1 aliphatic rings. The van der Waals surface area contributed by atoms with Crippen molar-refractivity contribution in [3.63, 3.8) is 0 Å². The van der Waals surface area contributed by atoms with Crippen molar-refractivity contribution in [3.8, 4) is 0 Å². The summed E-state index contributed by atoms with van der Waals surface area (Å²) in [5.74, 6) is -0.575. The molecule has 0 radical (unpaired) electrons. The summed E-state index contributed by atoms with van der Waals surface area (Å²) in [5, 5.41) is 2.00. The Morgan fingerprint density at radius 1 is 1.21 bits per heavy atom. The van der Waals surface area contributed by atoms with E-state index in [1.165, 1.54) is 7.11 Å². The van der Waals surface area contributed by atoms with E-state index in [2.05, 4.69) is 10.6 Å². The van der Waals surface area contributed by atoms with Crippen LogP contribution in [0.5, 0.6) is 0 Å². The zero-order valence-electron chi connectivity index (χ0n) is 19.8. The number of rotatable bonds is 4. The fourth-order valence-corrected chi connectivity index (χ4v) is 5.55. The monoisotopic (exact) mass is 501 g/mol. The average molecular weight is 502 g/mol. The number of carbonyl (C=O) groups is 2. The van der Waals surface area contributed by atoms with Gasteiger partial charge >= 0.3 is 5.97 Å². The second kappa shape index (κ2) is 9.51. The molecule has 0 saturated carbocycles. The van der Waals surface area contributed by atoms with Gasteiger partial charge in [-0.2, -0.15) is 0 Å². The van der Waals surface area contributed by atoms with Gasteiger partial charge in [-0.15, -0.1) is 0 Å². The van der Waals surface area contributed by atoms with Crippen molar-refractivity contribution in [2.75, 3.05) is 25.9 Å². The van der Waals surface area contributed by atoms with Gasteiger partial charge in [-0.3, -0.25) is 9.59 Å². The molecule has 0 bridgehead atoms. The molecule has 2 atom stereocenters. The van der Waals surface area contributed by atoms with Gasteiger partial charge in [0.25, 0.3) is 5.91 Å². The molecular formula is C26H29Cl2N3O3. The van der Waals surface area contributed by atoms with Crippen molar-refractivity contribution in [1.82, 2.24) is 9.47 Å². The number of likely N-dealkylation sites (tertiary alicyclic amines) is 1. The quantitative estimate of drug-likeness (QED) is 0.391. The summed E-state index contributed by atoms with van der Waals surface area (Å²) in [6.07, 6.45) is 1.04. The molecule has 1 saturated heterocycles. The van der Waals surface area contributed by atoms with Crippen molar-refractivity contribution in [2.45, 2.75) is 26.7 Å². The molecule has 1 fully saturated rings. The molecule has 4 rings (SSSR count). The van der Waals surface area contributed by atoms with Crippen LogP contribution >= 0.6 is 23.2 Å². The van der Waals surface area contributed by atoms with E-state index in [4.69, 9.17) is 33.7 Å². The maximum absolute atomic E-state index is 13.4. The molecule has 2 heterocycles. The molecule has 34 heavy (non-hydrogen) atoms. The number of fused-ring (bicyclic) bond motifs is 1. The summed E-state index contributed by atoms with van der Waals surface area (Å²) in [7, 11) is 3.38. The lowest BCUT2D eigenvalue weighted by Crippen LogP contribution is -2.45. The van der Waals surface area contributed by atoms with Crippen LogP contribution in [0.2, 0.25) is 10.0 Å². The predicted molar refractivity (Wildman–Crippen MR) is 137 cm³/mol. The van der Waals surface area contributed by atoms with Gasteiger partial charge in [-0.05, 0) is 60.7 Å². The smallest absolute Gasteiger partial charge is 0.309 e. The number of methoxy groups -OCH3 is 1. The van der Waals surface area contributed by atoms with Gasteiger partial charge in [0.05, 0.1) is 29.1 Å². The fourth-order valence-electron chi connectivity index (χ4n) is 4.97. The average Bonchev–Trinajstić information content (AvgIpc) is 3.11. The van der Waals surface area contributed by atoms with Crippen LogP contribution in [0.3, 0.4) is 0 Å². The molecule has 6 nitrogen and oxygen atoms in total. The number of anilines is 1. The summed E-state index contributed by atoms with van der Waals surface area (Å²) in [6.45, 7) is 4.94. The first kappa shape index (κ1) is 24.4. The van der Waals surface area contributed by atoms with E-state index in [1.54, 1.807) is 17.0 Å². The highest BCUT2D eigenvalue weighted by Gasteiger charge is 2.34. The molecular weight excluding hydrogens is 473 g/mol. The van der Waals surface area contributed by atoms with Crippen LogP contribution in [-0.2, 0) is 23.0 Å². The summed E-state index contributed by atoms with van der Waals surface area (Å²) in [5.41, 5.74) is 11.0. The Labute approximate surface area is 209 Å². The summed E-state index contributed by atoms with van der Waals surface area (Å²) in [6, 6.07) is 9.43. The van der Waals surface area contributed by atoms with Crippen molar-refractivity contribution in [1.29, 1.82) is 0 Å². The van der Waals surface area contributed by atoms with E-state index in [0.717, 1.165) is 22.2 Å². The van der Waals surface area contributed by atoms with Gasteiger partial charge in [-0.1, -0.05) is 30.1 Å². The van der Waals surface area contributed by atoms with Gasteiger partial charge in [0.2, 0.25) is 0 Å². The largest absolute Gasteiger partial charge is 0.469 e. The number of hydrogen-bond acceptors (Lipinski definition) is 4. The minimum absolute atomic E-state index is 0.00201. The lowest BCUT2D eigenvalue weighted by atomic mass is 9.86. The summed E-state index contributed by atoms with van der Waals surface area (Å²) >= 11 is 13.3. The number of benzene rings is 2. The normalized spacial score (nSPS) is 18.4. The standard InChI is InChI=1S/C26H29Cl2N3O3/c1-14-9-16(29)10-23-20(14)11-17(30(23)3)12-21-22(27)6-5-19(24(21)28)25(32)31-8-7-18(15(2)13-31)26(33)34-4/h5-6,9-11,15,18H,7-8,12-13,29H2,1-4H3. The van der Waals surface area contributed by atoms with Gasteiger partial charge in [0.1, 0.15) is 0 Å². The number of aryl methyl sites for hydroxylation is 2. The highest BCUT2D eigenvalue weighted by atomic mass is 35.5. The maximum atomic E-state index is 13.4. The zero-order chi connectivity index (χ0) is 24.7. The van der Waals surface area contributed by atoms with Crippen molar-refractivity contribution < 1.29 is 14.3 Å². The fraction of sp³-hybridized carbons (Fsp3) is 0.385. The molecule has 1 aromatic heterocycles. The number of nitrogens with zero attached hydrogens (tertiary/aromatic N) is 2. The zero-order valence-corrected chi connectivity index (χ0v) is 21.3. The Bertz CT molecular complexity index is 1280. The molecule has 3 aromatic rings. The van der Waals surface area contributed by atoms with E-state index in [-0.39, 0.29) is 23.7 Å². The Balaban J connectivity index is 1.63. The Morgan fingerprint density at radius 2 is 1.94 bits per heavy atom. The van der Waals surface area contributed by atoms with Crippen molar-refractivity contribution in [3.05, 3.63) is 62.8 Å². The van der Waals surface area contributed by atoms with E-state index >= 15 is 0 Å². The summed E-state index contributed by atoms with van der Waals surface area (Å²) in [4.78, 5) is 27.1. The third kappa shape index (κ3) is 4.37. The van der Waals surface area contributed by atoms with Crippen LogP contribution in [0.25, 0.3) is 10.9 Å². The maximum Gasteiger partial charge on any atom is 0.309 e. The van der Waals surface area contributed by atoms with Crippen LogP contribution in [0.4, 0.5) is 5.69 Å². The second-order valence-electron chi connectivity index (χ2n) is 9.18. The lowest BCUT2D eigenvalue weighted by Gasteiger charge is -2.35. The second-order valence-corrected chi connectivity index (χ2v) is 9.96. The Morgan fingerprint density at radius 3 is 2.62 bits per heavy atom. The van der Waals surface area contributed by atoms with Crippen LogP contribution < -0.4 is 5.73 Å². The van der Waals surface area contributed by atoms with E-state index in [1.807, 2.05) is 33.0 Å². The molecule has 2 unspecified atom stereocenters. The number of nitrogens with two attached hydrogens (primary N) is 1.